The predicted molar refractivity (Wildman–Crippen MR) is 86.3 cm³/mol. The number of nitrogens with one attached hydrogen (secondary N) is 1. The molecule has 20 heavy (non-hydrogen) atoms. The van der Waals surface area contributed by atoms with E-state index in [1.54, 1.807) is 12.1 Å². The predicted octanol–water partition coefficient (Wildman–Crippen LogP) is 2.59. The van der Waals surface area contributed by atoms with Crippen molar-refractivity contribution < 1.29 is 8.42 Å². The highest BCUT2D eigenvalue weighted by Gasteiger charge is 2.26. The number of thiocarbonyl (C=S) groups is 1. The van der Waals surface area contributed by atoms with Gasteiger partial charge in [0.1, 0.15) is 0 Å². The van der Waals surface area contributed by atoms with Crippen molar-refractivity contribution in [3.05, 3.63) is 29.8 Å². The quantitative estimate of drug-likeness (QED) is 0.820. The number of sulfonamides is 1. The van der Waals surface area contributed by atoms with Crippen molar-refractivity contribution in [2.45, 2.75) is 43.8 Å². The molecule has 1 aromatic rings. The van der Waals surface area contributed by atoms with Gasteiger partial charge >= 0.3 is 0 Å². The van der Waals surface area contributed by atoms with Gasteiger partial charge in [0.15, 0.2) is 0 Å². The summed E-state index contributed by atoms with van der Waals surface area (Å²) >= 11 is 4.85. The third-order valence-electron chi connectivity index (χ3n) is 3.58. The van der Waals surface area contributed by atoms with E-state index in [2.05, 4.69) is 4.72 Å². The second-order valence-electron chi connectivity index (χ2n) is 5.25. The molecule has 0 spiro atoms. The van der Waals surface area contributed by atoms with Crippen molar-refractivity contribution in [2.24, 2.45) is 5.73 Å². The van der Waals surface area contributed by atoms with Gasteiger partial charge in [-0.05, 0) is 30.5 Å². The number of benzene rings is 1. The van der Waals surface area contributed by atoms with Crippen LogP contribution in [0.25, 0.3) is 0 Å². The lowest BCUT2D eigenvalue weighted by Gasteiger charge is -2.22. The van der Waals surface area contributed by atoms with Crippen LogP contribution in [0, 0.1) is 0 Å². The maximum atomic E-state index is 12.3. The molecule has 0 amide bonds. The Balaban J connectivity index is 2.03. The van der Waals surface area contributed by atoms with E-state index in [-0.39, 0.29) is 5.25 Å². The summed E-state index contributed by atoms with van der Waals surface area (Å²) in [5.74, 6) is 0. The molecule has 1 aromatic carbocycles. The van der Waals surface area contributed by atoms with Gasteiger partial charge in [0.2, 0.25) is 10.0 Å². The first kappa shape index (κ1) is 15.3. The summed E-state index contributed by atoms with van der Waals surface area (Å²) in [7, 11) is -3.27. The van der Waals surface area contributed by atoms with Gasteiger partial charge < -0.3 is 5.73 Å². The lowest BCUT2D eigenvalue weighted by Crippen LogP contribution is -2.29. The molecular weight excluding hydrogens is 292 g/mol. The van der Waals surface area contributed by atoms with E-state index < -0.39 is 10.0 Å². The Kier molecular flexibility index (Phi) is 4.99. The molecule has 0 radical (unpaired) electrons. The normalized spacial score (nSPS) is 16.8. The van der Waals surface area contributed by atoms with Gasteiger partial charge in [0, 0.05) is 12.1 Å². The molecule has 0 bridgehead atoms. The lowest BCUT2D eigenvalue weighted by atomic mass is 10.0. The maximum Gasteiger partial charge on any atom is 0.235 e. The Hall–Kier alpha value is -1.14. The van der Waals surface area contributed by atoms with Crippen molar-refractivity contribution in [2.75, 3.05) is 4.72 Å². The Bertz CT molecular complexity index is 561. The van der Waals surface area contributed by atoms with E-state index in [0.29, 0.717) is 17.1 Å². The molecule has 6 heteroatoms. The largest absolute Gasteiger partial charge is 0.393 e. The second-order valence-corrected chi connectivity index (χ2v) is 7.73. The Morgan fingerprint density at radius 1 is 1.20 bits per heavy atom. The molecule has 0 aliphatic heterocycles. The molecule has 0 atom stereocenters. The molecule has 1 fully saturated rings. The summed E-state index contributed by atoms with van der Waals surface area (Å²) in [6.45, 7) is 0. The van der Waals surface area contributed by atoms with Crippen LogP contribution in [0.4, 0.5) is 5.69 Å². The highest BCUT2D eigenvalue weighted by molar-refractivity contribution is 7.93. The van der Waals surface area contributed by atoms with E-state index >= 15 is 0 Å². The van der Waals surface area contributed by atoms with Gasteiger partial charge in [-0.25, -0.2) is 8.42 Å². The molecule has 1 aliphatic rings. The fraction of sp³-hybridized carbons (Fsp3) is 0.500. The maximum absolute atomic E-state index is 12.3. The molecule has 0 aromatic heterocycles. The number of anilines is 1. The number of hydrogen-bond acceptors (Lipinski definition) is 3. The molecule has 2 rings (SSSR count). The van der Waals surface area contributed by atoms with E-state index in [9.17, 15) is 8.42 Å². The van der Waals surface area contributed by atoms with Gasteiger partial charge in [0.05, 0.1) is 10.2 Å². The molecule has 4 nitrogen and oxygen atoms in total. The van der Waals surface area contributed by atoms with Crippen LogP contribution in [-0.2, 0) is 16.4 Å². The summed E-state index contributed by atoms with van der Waals surface area (Å²) < 4.78 is 27.2. The van der Waals surface area contributed by atoms with Gasteiger partial charge in [-0.3, -0.25) is 4.72 Å². The average molecular weight is 312 g/mol. The zero-order valence-electron chi connectivity index (χ0n) is 11.3. The lowest BCUT2D eigenvalue weighted by molar-refractivity contribution is 0.486. The van der Waals surface area contributed by atoms with Crippen molar-refractivity contribution >= 4 is 32.9 Å². The van der Waals surface area contributed by atoms with Crippen molar-refractivity contribution in [3.8, 4) is 0 Å². The SMILES string of the molecule is NC(=S)Cc1ccc(NS(=O)(=O)C2CCCCC2)cc1. The Morgan fingerprint density at radius 3 is 2.35 bits per heavy atom. The number of hydrogen-bond donors (Lipinski definition) is 2. The number of rotatable bonds is 5. The minimum absolute atomic E-state index is 0.257. The highest BCUT2D eigenvalue weighted by Crippen LogP contribution is 2.25. The number of nitrogens with two attached hydrogens (primary N) is 1. The van der Waals surface area contributed by atoms with Crippen LogP contribution >= 0.6 is 12.2 Å². The van der Waals surface area contributed by atoms with Crippen LogP contribution in [0.2, 0.25) is 0 Å². The van der Waals surface area contributed by atoms with Crippen LogP contribution in [-0.4, -0.2) is 18.7 Å². The van der Waals surface area contributed by atoms with Gasteiger partial charge in [-0.15, -0.1) is 0 Å². The molecule has 0 heterocycles. The van der Waals surface area contributed by atoms with Gasteiger partial charge in [-0.2, -0.15) is 0 Å². The van der Waals surface area contributed by atoms with Crippen LogP contribution < -0.4 is 10.5 Å². The smallest absolute Gasteiger partial charge is 0.235 e. The third-order valence-corrected chi connectivity index (χ3v) is 5.60. The topological polar surface area (TPSA) is 72.2 Å². The molecule has 0 unspecified atom stereocenters. The minimum Gasteiger partial charge on any atom is -0.393 e. The first-order valence-electron chi connectivity index (χ1n) is 6.86. The van der Waals surface area contributed by atoms with E-state index in [4.69, 9.17) is 18.0 Å². The van der Waals surface area contributed by atoms with Crippen LogP contribution in [0.15, 0.2) is 24.3 Å². The van der Waals surface area contributed by atoms with Crippen molar-refractivity contribution in [1.82, 2.24) is 0 Å². The molecule has 1 aliphatic carbocycles. The summed E-state index contributed by atoms with van der Waals surface area (Å²) in [5.41, 5.74) is 7.07. The summed E-state index contributed by atoms with van der Waals surface area (Å²) in [6.07, 6.45) is 5.19. The highest BCUT2D eigenvalue weighted by atomic mass is 32.2. The Morgan fingerprint density at radius 2 is 1.80 bits per heavy atom. The van der Waals surface area contributed by atoms with E-state index in [1.165, 1.54) is 0 Å². The first-order valence-corrected chi connectivity index (χ1v) is 8.82. The fourth-order valence-electron chi connectivity index (χ4n) is 2.51. The van der Waals surface area contributed by atoms with E-state index in [1.807, 2.05) is 12.1 Å². The fourth-order valence-corrected chi connectivity index (χ4v) is 4.27. The zero-order valence-corrected chi connectivity index (χ0v) is 13.0. The van der Waals surface area contributed by atoms with Crippen LogP contribution in [0.5, 0.6) is 0 Å². The molecular formula is C14H20N2O2S2. The van der Waals surface area contributed by atoms with Crippen LogP contribution in [0.1, 0.15) is 37.7 Å². The van der Waals surface area contributed by atoms with E-state index in [0.717, 1.165) is 37.7 Å². The second kappa shape index (κ2) is 6.54. The minimum atomic E-state index is -3.27. The zero-order chi connectivity index (χ0) is 14.6. The van der Waals surface area contributed by atoms with Crippen molar-refractivity contribution in [3.63, 3.8) is 0 Å². The van der Waals surface area contributed by atoms with Crippen LogP contribution in [0.3, 0.4) is 0 Å². The standard InChI is InChI=1S/C14H20N2O2S2/c15-14(19)10-11-6-8-12(9-7-11)16-20(17,18)13-4-2-1-3-5-13/h6-9,13,16H,1-5,10H2,(H2,15,19). The van der Waals surface area contributed by atoms with Crippen molar-refractivity contribution in [1.29, 1.82) is 0 Å². The summed E-state index contributed by atoms with van der Waals surface area (Å²) in [4.78, 5) is 0.431. The van der Waals surface area contributed by atoms with Gasteiger partial charge in [-0.1, -0.05) is 43.6 Å². The molecule has 1 saturated carbocycles. The Labute approximate surface area is 125 Å². The summed E-state index contributed by atoms with van der Waals surface area (Å²) in [6, 6.07) is 7.21. The monoisotopic (exact) mass is 312 g/mol. The third kappa shape index (κ3) is 4.18. The first-order chi connectivity index (χ1) is 9.47. The average Bonchev–Trinajstić information content (AvgIpc) is 2.41. The summed E-state index contributed by atoms with van der Waals surface area (Å²) in [5, 5.41) is -0.257. The van der Waals surface area contributed by atoms with Gasteiger partial charge in [0.25, 0.3) is 0 Å². The molecule has 110 valence electrons. The molecule has 0 saturated heterocycles. The molecule has 3 N–H and O–H groups in total.